The Hall–Kier alpha value is -3.37. The highest BCUT2D eigenvalue weighted by atomic mass is 16.3. The lowest BCUT2D eigenvalue weighted by Gasteiger charge is -2.14. The molecule has 0 radical (unpaired) electrons. The van der Waals surface area contributed by atoms with E-state index in [0.29, 0.717) is 29.1 Å². The zero-order valence-electron chi connectivity index (χ0n) is 17.0. The highest BCUT2D eigenvalue weighted by Gasteiger charge is 2.51. The van der Waals surface area contributed by atoms with Crippen LogP contribution in [0.25, 0.3) is 22.0 Å². The summed E-state index contributed by atoms with van der Waals surface area (Å²) in [5.41, 5.74) is 8.43. The van der Waals surface area contributed by atoms with Crippen molar-refractivity contribution >= 4 is 16.7 Å². The molecule has 1 saturated carbocycles. The molecule has 3 heterocycles. The number of carbonyl (C=O) groups excluding carboxylic acids is 1. The summed E-state index contributed by atoms with van der Waals surface area (Å²) in [6, 6.07) is 7.68. The van der Waals surface area contributed by atoms with Gasteiger partial charge in [-0.1, -0.05) is 13.3 Å². The first-order valence-electron chi connectivity index (χ1n) is 10.1. The van der Waals surface area contributed by atoms with Crippen LogP contribution in [0.1, 0.15) is 61.4 Å². The molecular formula is C23H23N5O2. The quantitative estimate of drug-likeness (QED) is 0.653. The minimum absolute atomic E-state index is 0.238. The number of hydrogen-bond donors (Lipinski definition) is 2. The maximum atomic E-state index is 11.8. The van der Waals surface area contributed by atoms with E-state index in [9.17, 15) is 15.2 Å². The van der Waals surface area contributed by atoms with E-state index < -0.39 is 11.5 Å². The van der Waals surface area contributed by atoms with E-state index in [2.05, 4.69) is 21.0 Å². The van der Waals surface area contributed by atoms with Crippen molar-refractivity contribution < 1.29 is 9.90 Å². The van der Waals surface area contributed by atoms with Crippen LogP contribution >= 0.6 is 0 Å². The second kappa shape index (κ2) is 7.47. The number of aryl methyl sites for hydroxylation is 1. The zero-order chi connectivity index (χ0) is 21.5. The van der Waals surface area contributed by atoms with E-state index in [1.54, 1.807) is 12.4 Å². The first kappa shape index (κ1) is 19.9. The van der Waals surface area contributed by atoms with E-state index >= 15 is 0 Å². The van der Waals surface area contributed by atoms with Crippen LogP contribution in [0.3, 0.4) is 0 Å². The van der Waals surface area contributed by atoms with Crippen molar-refractivity contribution in [2.24, 2.45) is 5.73 Å². The summed E-state index contributed by atoms with van der Waals surface area (Å²) in [5.74, 6) is -0.343. The van der Waals surface area contributed by atoms with E-state index in [4.69, 9.17) is 5.73 Å². The molecule has 0 aromatic carbocycles. The monoisotopic (exact) mass is 401 g/mol. The maximum absolute atomic E-state index is 11.8. The van der Waals surface area contributed by atoms with Crippen LogP contribution < -0.4 is 5.73 Å². The van der Waals surface area contributed by atoms with Gasteiger partial charge in [-0.3, -0.25) is 14.8 Å². The van der Waals surface area contributed by atoms with Crippen LogP contribution in [0.5, 0.6) is 0 Å². The van der Waals surface area contributed by atoms with Crippen molar-refractivity contribution in [3.63, 3.8) is 0 Å². The van der Waals surface area contributed by atoms with Gasteiger partial charge < -0.3 is 10.8 Å². The Balaban J connectivity index is 1.76. The van der Waals surface area contributed by atoms with Crippen molar-refractivity contribution in [1.82, 2.24) is 15.0 Å². The summed E-state index contributed by atoms with van der Waals surface area (Å²) >= 11 is 0. The van der Waals surface area contributed by atoms with Crippen molar-refractivity contribution in [3.8, 4) is 17.3 Å². The predicted octanol–water partition coefficient (Wildman–Crippen LogP) is 3.22. The summed E-state index contributed by atoms with van der Waals surface area (Å²) in [5, 5.41) is 21.6. The Morgan fingerprint density at radius 1 is 1.27 bits per heavy atom. The van der Waals surface area contributed by atoms with Crippen molar-refractivity contribution in [2.45, 2.75) is 51.0 Å². The molecule has 4 rings (SSSR count). The average molecular weight is 401 g/mol. The minimum atomic E-state index is -0.693. The number of carbonyl (C=O) groups is 1. The molecule has 0 saturated heterocycles. The lowest BCUT2D eigenvalue weighted by molar-refractivity contribution is -0.120. The number of amides is 1. The fourth-order valence-corrected chi connectivity index (χ4v) is 3.88. The molecular weight excluding hydrogens is 378 g/mol. The van der Waals surface area contributed by atoms with Gasteiger partial charge in [0.25, 0.3) is 0 Å². The number of rotatable bonds is 6. The molecule has 1 amide bonds. The smallest absolute Gasteiger partial charge is 0.229 e. The van der Waals surface area contributed by atoms with Crippen molar-refractivity contribution in [3.05, 3.63) is 53.2 Å². The van der Waals surface area contributed by atoms with Gasteiger partial charge in [-0.25, -0.2) is 4.98 Å². The number of aromatic nitrogens is 3. The normalized spacial score (nSPS) is 15.5. The van der Waals surface area contributed by atoms with Gasteiger partial charge in [-0.2, -0.15) is 5.26 Å². The molecule has 3 N–H and O–H groups in total. The van der Waals surface area contributed by atoms with Gasteiger partial charge in [-0.15, -0.1) is 0 Å². The van der Waals surface area contributed by atoms with E-state index in [0.717, 1.165) is 35.6 Å². The van der Waals surface area contributed by atoms with Crippen LogP contribution in [0.4, 0.5) is 0 Å². The van der Waals surface area contributed by atoms with Crippen molar-refractivity contribution in [1.29, 1.82) is 5.26 Å². The highest BCUT2D eigenvalue weighted by Crippen LogP contribution is 2.47. The van der Waals surface area contributed by atoms with Gasteiger partial charge in [-0.05, 0) is 49.9 Å². The summed E-state index contributed by atoms with van der Waals surface area (Å²) in [6.45, 7) is 3.87. The second-order valence-corrected chi connectivity index (χ2v) is 7.94. The largest absolute Gasteiger partial charge is 0.387 e. The average Bonchev–Trinajstić information content (AvgIpc) is 3.55. The predicted molar refractivity (Wildman–Crippen MR) is 112 cm³/mol. The van der Waals surface area contributed by atoms with E-state index in [-0.39, 0.29) is 11.6 Å². The number of pyridine rings is 3. The number of nitrogens with zero attached hydrogens (tertiary/aromatic N) is 4. The number of nitriles is 1. The molecule has 7 nitrogen and oxygen atoms in total. The number of hydrogen-bond acceptors (Lipinski definition) is 6. The van der Waals surface area contributed by atoms with E-state index in [1.165, 1.54) is 0 Å². The summed E-state index contributed by atoms with van der Waals surface area (Å²) in [7, 11) is 0. The molecule has 0 bridgehead atoms. The fourth-order valence-electron chi connectivity index (χ4n) is 3.88. The Morgan fingerprint density at radius 2 is 1.97 bits per heavy atom. The Morgan fingerprint density at radius 3 is 2.60 bits per heavy atom. The van der Waals surface area contributed by atoms with Crippen LogP contribution in [-0.2, 0) is 10.2 Å². The molecule has 3 aromatic rings. The van der Waals surface area contributed by atoms with Crippen LogP contribution in [0.2, 0.25) is 0 Å². The molecule has 1 unspecified atom stereocenters. The third-order valence-corrected chi connectivity index (χ3v) is 5.82. The Kier molecular flexibility index (Phi) is 4.96. The standard InChI is InChI=1S/C23H23N5O2/c1-3-4-19(29)16-7-13(2)21(18(10-24)28-16)17-8-14-12-27-20(9-15(14)11-26-17)23(5-6-23)22(25)30/h7-9,11-12,19,29H,3-6H2,1-2H3,(H2,25,30). The molecule has 0 spiro atoms. The number of nitrogens with two attached hydrogens (primary N) is 1. The number of primary amides is 1. The fraction of sp³-hybridized carbons (Fsp3) is 0.348. The lowest BCUT2D eigenvalue weighted by Crippen LogP contribution is -2.29. The SMILES string of the molecule is CCCC(O)c1cc(C)c(-c2cc3cnc(C4(C(N)=O)CC4)cc3cn2)c(C#N)n1. The molecule has 1 aliphatic carbocycles. The Bertz CT molecular complexity index is 1190. The molecule has 1 aliphatic rings. The van der Waals surface area contributed by atoms with Crippen LogP contribution in [0, 0.1) is 18.3 Å². The molecule has 152 valence electrons. The highest BCUT2D eigenvalue weighted by molar-refractivity contribution is 5.92. The third kappa shape index (κ3) is 3.29. The minimum Gasteiger partial charge on any atom is -0.387 e. The molecule has 30 heavy (non-hydrogen) atoms. The van der Waals surface area contributed by atoms with Crippen LogP contribution in [0.15, 0.2) is 30.6 Å². The summed E-state index contributed by atoms with van der Waals surface area (Å²) in [6.07, 6.45) is 5.59. The van der Waals surface area contributed by atoms with Gasteiger partial charge in [0.2, 0.25) is 5.91 Å². The number of fused-ring (bicyclic) bond motifs is 1. The topological polar surface area (TPSA) is 126 Å². The van der Waals surface area contributed by atoms with Gasteiger partial charge in [0.1, 0.15) is 6.07 Å². The third-order valence-electron chi connectivity index (χ3n) is 5.82. The Labute approximate surface area is 174 Å². The molecule has 7 heteroatoms. The summed E-state index contributed by atoms with van der Waals surface area (Å²) < 4.78 is 0. The first-order valence-corrected chi connectivity index (χ1v) is 10.1. The summed E-state index contributed by atoms with van der Waals surface area (Å²) in [4.78, 5) is 25.2. The first-order chi connectivity index (χ1) is 14.4. The number of aliphatic hydroxyl groups excluding tert-OH is 1. The second-order valence-electron chi connectivity index (χ2n) is 7.94. The van der Waals surface area contributed by atoms with Gasteiger partial charge >= 0.3 is 0 Å². The zero-order valence-corrected chi connectivity index (χ0v) is 17.0. The number of aliphatic hydroxyl groups is 1. The molecule has 0 aliphatic heterocycles. The van der Waals surface area contributed by atoms with E-state index in [1.807, 2.05) is 32.0 Å². The maximum Gasteiger partial charge on any atom is 0.229 e. The molecule has 1 fully saturated rings. The molecule has 3 aromatic heterocycles. The van der Waals surface area contributed by atoms with Crippen LogP contribution in [-0.4, -0.2) is 26.0 Å². The van der Waals surface area contributed by atoms with Gasteiger partial charge in [0, 0.05) is 28.7 Å². The van der Waals surface area contributed by atoms with Gasteiger partial charge in [0.15, 0.2) is 5.69 Å². The lowest BCUT2D eigenvalue weighted by atomic mass is 9.97. The van der Waals surface area contributed by atoms with Crippen molar-refractivity contribution in [2.75, 3.05) is 0 Å². The van der Waals surface area contributed by atoms with Gasteiger partial charge in [0.05, 0.1) is 28.6 Å². The molecule has 1 atom stereocenters.